The maximum atomic E-state index is 9.85. The first-order valence-corrected chi connectivity index (χ1v) is 8.33. The maximum Gasteiger partial charge on any atom is 0.191 e. The van der Waals surface area contributed by atoms with Crippen LogP contribution in [0.4, 0.5) is 11.6 Å². The van der Waals surface area contributed by atoms with Crippen LogP contribution in [0, 0.1) is 5.92 Å². The third kappa shape index (κ3) is 3.55. The van der Waals surface area contributed by atoms with E-state index in [1.54, 1.807) is 0 Å². The maximum absolute atomic E-state index is 9.85. The molecule has 0 aliphatic heterocycles. The fourth-order valence-electron chi connectivity index (χ4n) is 2.94. The molecule has 1 aliphatic carbocycles. The average molecular weight is 296 g/mol. The Morgan fingerprint density at radius 3 is 2.80 bits per heavy atom. The van der Waals surface area contributed by atoms with Crippen LogP contribution >= 0.6 is 11.8 Å². The smallest absolute Gasteiger partial charge is 0.191 e. The molecule has 112 valence electrons. The quantitative estimate of drug-likeness (QED) is 0.573. The number of rotatable bonds is 5. The lowest BCUT2D eigenvalue weighted by Gasteiger charge is -2.39. The SMILES string of the molecule is CNc1cc(NC2(CO)CCCC(C)C2)nc(SC)n1. The number of nitrogens with one attached hydrogen (secondary N) is 2. The summed E-state index contributed by atoms with van der Waals surface area (Å²) in [4.78, 5) is 8.87. The molecule has 1 saturated carbocycles. The Bertz CT molecular complexity index is 435. The Balaban J connectivity index is 2.22. The van der Waals surface area contributed by atoms with Crippen LogP contribution < -0.4 is 10.6 Å². The highest BCUT2D eigenvalue weighted by Crippen LogP contribution is 2.34. The molecule has 0 bridgehead atoms. The second-order valence-electron chi connectivity index (χ2n) is 5.64. The van der Waals surface area contributed by atoms with E-state index in [4.69, 9.17) is 0 Å². The van der Waals surface area contributed by atoms with Gasteiger partial charge in [-0.25, -0.2) is 9.97 Å². The predicted molar refractivity (Wildman–Crippen MR) is 84.4 cm³/mol. The van der Waals surface area contributed by atoms with E-state index in [0.717, 1.165) is 36.1 Å². The van der Waals surface area contributed by atoms with Gasteiger partial charge < -0.3 is 15.7 Å². The molecule has 1 aromatic heterocycles. The molecule has 5 nitrogen and oxygen atoms in total. The summed E-state index contributed by atoms with van der Waals surface area (Å²) in [5.74, 6) is 2.22. The van der Waals surface area contributed by atoms with Gasteiger partial charge in [-0.2, -0.15) is 0 Å². The van der Waals surface area contributed by atoms with Crippen molar-refractivity contribution in [2.24, 2.45) is 5.92 Å². The monoisotopic (exact) mass is 296 g/mol. The van der Waals surface area contributed by atoms with Crippen molar-refractivity contribution in [1.29, 1.82) is 0 Å². The fraction of sp³-hybridized carbons (Fsp3) is 0.714. The van der Waals surface area contributed by atoms with E-state index in [0.29, 0.717) is 5.92 Å². The normalized spacial score (nSPS) is 26.3. The molecule has 20 heavy (non-hydrogen) atoms. The molecule has 0 spiro atoms. The Morgan fingerprint density at radius 1 is 1.45 bits per heavy atom. The van der Waals surface area contributed by atoms with Crippen molar-refractivity contribution in [2.45, 2.75) is 43.3 Å². The van der Waals surface area contributed by atoms with E-state index in [1.807, 2.05) is 19.4 Å². The highest BCUT2D eigenvalue weighted by atomic mass is 32.2. The second kappa shape index (κ2) is 6.63. The first-order chi connectivity index (χ1) is 9.60. The van der Waals surface area contributed by atoms with E-state index < -0.39 is 0 Å². The lowest BCUT2D eigenvalue weighted by atomic mass is 9.77. The molecule has 2 rings (SSSR count). The minimum Gasteiger partial charge on any atom is -0.394 e. The highest BCUT2D eigenvalue weighted by Gasteiger charge is 2.34. The molecule has 0 radical (unpaired) electrons. The molecule has 0 amide bonds. The van der Waals surface area contributed by atoms with Gasteiger partial charge in [0, 0.05) is 13.1 Å². The summed E-state index contributed by atoms with van der Waals surface area (Å²) in [6.07, 6.45) is 6.32. The average Bonchev–Trinajstić information content (AvgIpc) is 2.46. The number of nitrogens with zero attached hydrogens (tertiary/aromatic N) is 2. The van der Waals surface area contributed by atoms with Crippen LogP contribution in [0.3, 0.4) is 0 Å². The van der Waals surface area contributed by atoms with Gasteiger partial charge in [-0.1, -0.05) is 31.5 Å². The summed E-state index contributed by atoms with van der Waals surface area (Å²) in [5.41, 5.74) is -0.243. The molecule has 1 aromatic rings. The van der Waals surface area contributed by atoms with Gasteiger partial charge in [-0.15, -0.1) is 0 Å². The van der Waals surface area contributed by atoms with Crippen LogP contribution in [0.25, 0.3) is 0 Å². The summed E-state index contributed by atoms with van der Waals surface area (Å²) in [7, 11) is 1.85. The third-order valence-corrected chi connectivity index (χ3v) is 4.48. The van der Waals surface area contributed by atoms with Crippen molar-refractivity contribution >= 4 is 23.4 Å². The van der Waals surface area contributed by atoms with Crippen LogP contribution in [-0.4, -0.2) is 40.5 Å². The largest absolute Gasteiger partial charge is 0.394 e. The van der Waals surface area contributed by atoms with Gasteiger partial charge in [0.25, 0.3) is 0 Å². The van der Waals surface area contributed by atoms with Gasteiger partial charge in [-0.05, 0) is 25.0 Å². The van der Waals surface area contributed by atoms with Gasteiger partial charge in [0.05, 0.1) is 12.1 Å². The molecule has 1 fully saturated rings. The Morgan fingerprint density at radius 2 is 2.20 bits per heavy atom. The number of thioether (sulfide) groups is 1. The molecule has 1 heterocycles. The summed E-state index contributed by atoms with van der Waals surface area (Å²) >= 11 is 1.52. The standard InChI is InChI=1S/C14H24N4OS/c1-10-5-4-6-14(8-10,9-19)18-12-7-11(15-2)16-13(17-12)20-3/h7,10,19H,4-6,8-9H2,1-3H3,(H2,15,16,17,18). The molecule has 6 heteroatoms. The van der Waals surface area contributed by atoms with Crippen molar-refractivity contribution < 1.29 is 5.11 Å². The molecule has 0 aromatic carbocycles. The summed E-state index contributed by atoms with van der Waals surface area (Å²) in [5, 5.41) is 17.1. The Labute approximate surface area is 125 Å². The molecule has 1 aliphatic rings. The Kier molecular flexibility index (Phi) is 5.10. The molecule has 2 unspecified atom stereocenters. The molecular formula is C14H24N4OS. The van der Waals surface area contributed by atoms with Crippen molar-refractivity contribution in [3.05, 3.63) is 6.07 Å². The topological polar surface area (TPSA) is 70.1 Å². The zero-order chi connectivity index (χ0) is 14.6. The fourth-order valence-corrected chi connectivity index (χ4v) is 3.32. The van der Waals surface area contributed by atoms with Gasteiger partial charge >= 0.3 is 0 Å². The number of aromatic nitrogens is 2. The predicted octanol–water partition coefficient (Wildman–Crippen LogP) is 2.59. The van der Waals surface area contributed by atoms with Crippen molar-refractivity contribution in [1.82, 2.24) is 9.97 Å². The van der Waals surface area contributed by atoms with Crippen LogP contribution in [0.15, 0.2) is 11.2 Å². The first-order valence-electron chi connectivity index (χ1n) is 7.10. The van der Waals surface area contributed by atoms with Crippen molar-refractivity contribution in [3.8, 4) is 0 Å². The first kappa shape index (κ1) is 15.4. The second-order valence-corrected chi connectivity index (χ2v) is 6.41. The minimum absolute atomic E-state index is 0.144. The zero-order valence-corrected chi connectivity index (χ0v) is 13.3. The Hall–Kier alpha value is -1.01. The number of hydrogen-bond acceptors (Lipinski definition) is 6. The van der Waals surface area contributed by atoms with Gasteiger partial charge in [-0.3, -0.25) is 0 Å². The number of aliphatic hydroxyl groups is 1. The van der Waals surface area contributed by atoms with E-state index in [-0.39, 0.29) is 12.1 Å². The van der Waals surface area contributed by atoms with E-state index >= 15 is 0 Å². The number of anilines is 2. The lowest BCUT2D eigenvalue weighted by molar-refractivity contribution is 0.149. The number of hydrogen-bond donors (Lipinski definition) is 3. The molecule has 3 N–H and O–H groups in total. The van der Waals surface area contributed by atoms with E-state index in [9.17, 15) is 5.11 Å². The minimum atomic E-state index is -0.243. The lowest BCUT2D eigenvalue weighted by Crippen LogP contribution is -2.46. The van der Waals surface area contributed by atoms with Gasteiger partial charge in [0.15, 0.2) is 5.16 Å². The zero-order valence-electron chi connectivity index (χ0n) is 12.4. The van der Waals surface area contributed by atoms with E-state index in [1.165, 1.54) is 18.2 Å². The summed E-state index contributed by atoms with van der Waals surface area (Å²) < 4.78 is 0. The summed E-state index contributed by atoms with van der Waals surface area (Å²) in [6.45, 7) is 2.39. The number of aliphatic hydroxyl groups excluding tert-OH is 1. The summed E-state index contributed by atoms with van der Waals surface area (Å²) in [6, 6.07) is 1.90. The van der Waals surface area contributed by atoms with Crippen LogP contribution in [0.5, 0.6) is 0 Å². The van der Waals surface area contributed by atoms with Crippen LogP contribution in [-0.2, 0) is 0 Å². The third-order valence-electron chi connectivity index (χ3n) is 3.93. The van der Waals surface area contributed by atoms with Crippen molar-refractivity contribution in [3.63, 3.8) is 0 Å². The molecule has 2 atom stereocenters. The van der Waals surface area contributed by atoms with Crippen molar-refractivity contribution in [2.75, 3.05) is 30.5 Å². The van der Waals surface area contributed by atoms with Gasteiger partial charge in [0.1, 0.15) is 11.6 Å². The highest BCUT2D eigenvalue weighted by molar-refractivity contribution is 7.98. The van der Waals surface area contributed by atoms with E-state index in [2.05, 4.69) is 27.5 Å². The van der Waals surface area contributed by atoms with Crippen LogP contribution in [0.2, 0.25) is 0 Å². The van der Waals surface area contributed by atoms with Crippen LogP contribution in [0.1, 0.15) is 32.6 Å². The van der Waals surface area contributed by atoms with Gasteiger partial charge in [0.2, 0.25) is 0 Å². The molecule has 0 saturated heterocycles. The molecular weight excluding hydrogens is 272 g/mol.